The summed E-state index contributed by atoms with van der Waals surface area (Å²) in [4.78, 5) is 17.3. The molecule has 2 aromatic heterocycles. The van der Waals surface area contributed by atoms with E-state index in [2.05, 4.69) is 30.4 Å². The van der Waals surface area contributed by atoms with Crippen molar-refractivity contribution in [2.45, 2.75) is 6.23 Å². The summed E-state index contributed by atoms with van der Waals surface area (Å²) in [7, 11) is 0. The van der Waals surface area contributed by atoms with Gasteiger partial charge in [0.2, 0.25) is 11.8 Å². The van der Waals surface area contributed by atoms with Crippen LogP contribution in [0.1, 0.15) is 0 Å². The summed E-state index contributed by atoms with van der Waals surface area (Å²) in [6.45, 7) is -0.760. The van der Waals surface area contributed by atoms with Gasteiger partial charge in [-0.25, -0.2) is 0 Å². The molecule has 1 amide bonds. The van der Waals surface area contributed by atoms with E-state index in [4.69, 9.17) is 4.74 Å². The van der Waals surface area contributed by atoms with Crippen molar-refractivity contribution in [3.8, 4) is 11.8 Å². The molecule has 0 radical (unpaired) electrons. The van der Waals surface area contributed by atoms with E-state index in [9.17, 15) is 20.1 Å². The maximum atomic E-state index is 11.9. The third-order valence-corrected chi connectivity index (χ3v) is 4.36. The second kappa shape index (κ2) is 8.73. The minimum atomic E-state index is -1.35. The highest BCUT2D eigenvalue weighted by molar-refractivity contribution is 5.95. The molecule has 2 heterocycles. The number of carbonyl (C=O) groups is 1. The highest BCUT2D eigenvalue weighted by atomic mass is 16.5. The Labute approximate surface area is 174 Å². The Morgan fingerprint density at radius 1 is 0.903 bits per heavy atom. The zero-order chi connectivity index (χ0) is 21.8. The first-order valence-corrected chi connectivity index (χ1v) is 9.23. The van der Waals surface area contributed by atoms with Gasteiger partial charge in [0, 0.05) is 10.8 Å². The number of para-hydroxylation sites is 2. The second-order valence-corrected chi connectivity index (χ2v) is 6.54. The molecule has 0 bridgehead atoms. The summed E-state index contributed by atoms with van der Waals surface area (Å²) in [6, 6.07) is 14.1. The molecule has 0 saturated heterocycles. The van der Waals surface area contributed by atoms with Crippen molar-refractivity contribution >= 4 is 39.1 Å². The number of aliphatic hydroxyl groups excluding tert-OH is 1. The molecule has 0 fully saturated rings. The minimum Gasteiger partial charge on any atom is -0.493 e. The molecule has 1 atom stereocenters. The Kier molecular flexibility index (Phi) is 5.69. The van der Waals surface area contributed by atoms with Gasteiger partial charge >= 0.3 is 0 Å². The van der Waals surface area contributed by atoms with Crippen LogP contribution >= 0.6 is 0 Å². The molecule has 0 aliphatic carbocycles. The molecule has 31 heavy (non-hydrogen) atoms. The summed E-state index contributed by atoms with van der Waals surface area (Å²) in [6.07, 6.45) is -1.35. The van der Waals surface area contributed by atoms with Crippen LogP contribution in [0.25, 0.3) is 21.8 Å². The van der Waals surface area contributed by atoms with Crippen molar-refractivity contribution in [3.05, 3.63) is 48.5 Å². The van der Waals surface area contributed by atoms with Gasteiger partial charge in [0.15, 0.2) is 17.6 Å². The summed E-state index contributed by atoms with van der Waals surface area (Å²) < 4.78 is 5.08. The number of ether oxygens (including phenoxy) is 1. The predicted octanol–water partition coefficient (Wildman–Crippen LogP) is 3.79. The Morgan fingerprint density at radius 3 is 2.06 bits per heavy atom. The van der Waals surface area contributed by atoms with E-state index in [1.54, 1.807) is 48.5 Å². The number of fused-ring (bicyclic) bond motifs is 2. The molecular formula is C20H18N6O5. The number of benzene rings is 2. The van der Waals surface area contributed by atoms with Crippen molar-refractivity contribution in [2.24, 2.45) is 20.5 Å². The van der Waals surface area contributed by atoms with Crippen LogP contribution in [0.2, 0.25) is 0 Å². The number of H-pyrrole nitrogens is 2. The third-order valence-electron chi connectivity index (χ3n) is 4.36. The Hall–Kier alpha value is -4.09. The van der Waals surface area contributed by atoms with Crippen LogP contribution in [-0.2, 0) is 9.53 Å². The molecule has 0 aliphatic rings. The van der Waals surface area contributed by atoms with Crippen molar-refractivity contribution < 1.29 is 24.9 Å². The molecule has 158 valence electrons. The first kappa shape index (κ1) is 20.2. The van der Waals surface area contributed by atoms with Crippen molar-refractivity contribution in [1.82, 2.24) is 9.97 Å². The average Bonchev–Trinajstić information content (AvgIpc) is 3.25. The molecule has 2 aromatic carbocycles. The summed E-state index contributed by atoms with van der Waals surface area (Å²) in [5, 5.41) is 45.8. The predicted molar refractivity (Wildman–Crippen MR) is 111 cm³/mol. The summed E-state index contributed by atoms with van der Waals surface area (Å²) in [5.74, 6) is -1.08. The third kappa shape index (κ3) is 4.42. The first-order chi connectivity index (χ1) is 15.0. The van der Waals surface area contributed by atoms with Crippen LogP contribution in [0.5, 0.6) is 11.8 Å². The van der Waals surface area contributed by atoms with Crippen LogP contribution in [0.4, 0.5) is 11.4 Å². The molecule has 5 N–H and O–H groups in total. The zero-order valence-electron chi connectivity index (χ0n) is 16.1. The fourth-order valence-corrected chi connectivity index (χ4v) is 2.97. The number of aromatic amines is 2. The van der Waals surface area contributed by atoms with Gasteiger partial charge in [-0.2, -0.15) is 5.11 Å². The van der Waals surface area contributed by atoms with Gasteiger partial charge in [-0.3, -0.25) is 4.79 Å². The number of rotatable bonds is 7. The lowest BCUT2D eigenvalue weighted by Gasteiger charge is -2.03. The maximum Gasteiger partial charge on any atom is 0.290 e. The number of amides is 1. The van der Waals surface area contributed by atoms with Gasteiger partial charge in [-0.15, -0.1) is 15.3 Å². The highest BCUT2D eigenvalue weighted by Gasteiger charge is 2.12. The number of aromatic hydroxyl groups is 2. The number of aliphatic hydroxyl groups is 1. The van der Waals surface area contributed by atoms with Crippen LogP contribution in [-0.4, -0.2) is 50.6 Å². The molecule has 11 nitrogen and oxygen atoms in total. The van der Waals surface area contributed by atoms with E-state index < -0.39 is 18.7 Å². The fourth-order valence-electron chi connectivity index (χ4n) is 2.97. The van der Waals surface area contributed by atoms with E-state index in [-0.39, 0.29) is 29.7 Å². The lowest BCUT2D eigenvalue weighted by molar-refractivity contribution is -0.123. The molecule has 0 unspecified atom stereocenters. The SMILES string of the molecule is O=C(COC[C@H](O)N=Nc1c(O)[nH]c2ccccc12)N=Nc1c(O)[nH]c2ccccc12. The van der Waals surface area contributed by atoms with Gasteiger partial charge < -0.3 is 30.0 Å². The van der Waals surface area contributed by atoms with Crippen LogP contribution in [0, 0.1) is 0 Å². The lowest BCUT2D eigenvalue weighted by Crippen LogP contribution is -2.15. The first-order valence-electron chi connectivity index (χ1n) is 9.23. The molecule has 4 aromatic rings. The van der Waals surface area contributed by atoms with Crippen LogP contribution < -0.4 is 0 Å². The molecule has 4 rings (SSSR count). The maximum absolute atomic E-state index is 11.9. The highest BCUT2D eigenvalue weighted by Crippen LogP contribution is 2.36. The smallest absolute Gasteiger partial charge is 0.290 e. The second-order valence-electron chi connectivity index (χ2n) is 6.54. The van der Waals surface area contributed by atoms with Gasteiger partial charge in [0.1, 0.15) is 6.61 Å². The number of hydrogen-bond acceptors (Lipinski definition) is 8. The summed E-state index contributed by atoms with van der Waals surface area (Å²) in [5.41, 5.74) is 1.68. The van der Waals surface area contributed by atoms with Crippen molar-refractivity contribution in [2.75, 3.05) is 13.2 Å². The monoisotopic (exact) mass is 422 g/mol. The molecule has 0 saturated carbocycles. The molecule has 0 aliphatic heterocycles. The van der Waals surface area contributed by atoms with Gasteiger partial charge in [-0.05, 0) is 12.1 Å². The van der Waals surface area contributed by atoms with Crippen LogP contribution in [0.3, 0.4) is 0 Å². The van der Waals surface area contributed by atoms with Crippen LogP contribution in [0.15, 0.2) is 69.0 Å². The quantitative estimate of drug-likeness (QED) is 0.285. The molecular weight excluding hydrogens is 404 g/mol. The number of hydrogen-bond donors (Lipinski definition) is 5. The van der Waals surface area contributed by atoms with Gasteiger partial charge in [0.25, 0.3) is 5.91 Å². The largest absolute Gasteiger partial charge is 0.493 e. The standard InChI is InChI=1S/C20H18N6O5/c27-15(23-25-17-11-5-1-3-7-13(11)21-19(17)29)9-31-10-16(28)24-26-18-12-6-2-4-8-14(12)22-20(18)30/h1-8,15,21-22,27,29-30H,9-10H2/t15-/m0/s1. The normalized spacial score (nSPS) is 13.1. The average molecular weight is 422 g/mol. The topological polar surface area (TPSA) is 168 Å². The number of nitrogens with one attached hydrogen (secondary N) is 2. The van der Waals surface area contributed by atoms with Crippen molar-refractivity contribution in [3.63, 3.8) is 0 Å². The van der Waals surface area contributed by atoms with E-state index >= 15 is 0 Å². The van der Waals surface area contributed by atoms with Gasteiger partial charge in [-0.1, -0.05) is 36.4 Å². The van der Waals surface area contributed by atoms with E-state index in [0.717, 1.165) is 0 Å². The fraction of sp³-hybridized carbons (Fsp3) is 0.150. The van der Waals surface area contributed by atoms with E-state index in [1.165, 1.54) is 0 Å². The van der Waals surface area contributed by atoms with E-state index in [0.29, 0.717) is 21.8 Å². The van der Waals surface area contributed by atoms with E-state index in [1.807, 2.05) is 0 Å². The van der Waals surface area contributed by atoms with Crippen molar-refractivity contribution in [1.29, 1.82) is 0 Å². The zero-order valence-corrected chi connectivity index (χ0v) is 16.1. The summed E-state index contributed by atoms with van der Waals surface area (Å²) >= 11 is 0. The Balaban J connectivity index is 1.31. The molecule has 11 heteroatoms. The Morgan fingerprint density at radius 2 is 1.45 bits per heavy atom. The Bertz CT molecular complexity index is 1290. The number of carbonyl (C=O) groups excluding carboxylic acids is 1. The molecule has 0 spiro atoms. The lowest BCUT2D eigenvalue weighted by atomic mass is 10.2. The minimum absolute atomic E-state index is 0.149. The number of aromatic nitrogens is 2. The number of azo groups is 2. The van der Waals surface area contributed by atoms with Gasteiger partial charge in [0.05, 0.1) is 17.6 Å². The number of nitrogens with zero attached hydrogens (tertiary/aromatic N) is 4.